The number of hydrogen-bond acceptors (Lipinski definition) is 3. The van der Waals surface area contributed by atoms with Crippen LogP contribution in [0.4, 0.5) is 10.1 Å². The number of halogens is 2. The Bertz CT molecular complexity index is 629. The quantitative estimate of drug-likeness (QED) is 0.873. The molecule has 2 rings (SSSR count). The largest absolute Gasteiger partial charge is 0.398 e. The Morgan fingerprint density at radius 3 is 2.75 bits per heavy atom. The summed E-state index contributed by atoms with van der Waals surface area (Å²) >= 11 is 7.29. The summed E-state index contributed by atoms with van der Waals surface area (Å²) in [6.45, 7) is 2.80. The van der Waals surface area contributed by atoms with Crippen molar-refractivity contribution in [2.24, 2.45) is 0 Å². The molecule has 0 spiro atoms. The van der Waals surface area contributed by atoms with Crippen molar-refractivity contribution in [3.8, 4) is 0 Å². The number of nitrogens with two attached hydrogens (primary N) is 1. The lowest BCUT2D eigenvalue weighted by Gasteiger charge is -2.21. The van der Waals surface area contributed by atoms with E-state index in [1.807, 2.05) is 13.0 Å². The summed E-state index contributed by atoms with van der Waals surface area (Å²) in [5.41, 5.74) is 6.21. The summed E-state index contributed by atoms with van der Waals surface area (Å²) in [6, 6.07) is 7.47. The van der Waals surface area contributed by atoms with Crippen molar-refractivity contribution in [1.29, 1.82) is 0 Å². The fraction of sp³-hybridized carbons (Fsp3) is 0.214. The number of carbonyl (C=O) groups excluding carboxylic acids is 1. The lowest BCUT2D eigenvalue weighted by molar-refractivity contribution is 0.0755. The van der Waals surface area contributed by atoms with Crippen molar-refractivity contribution >= 4 is 34.5 Å². The van der Waals surface area contributed by atoms with Gasteiger partial charge in [0.05, 0.1) is 16.4 Å². The fourth-order valence-corrected chi connectivity index (χ4v) is 2.94. The molecule has 0 aliphatic heterocycles. The monoisotopic (exact) mass is 312 g/mol. The van der Waals surface area contributed by atoms with E-state index in [9.17, 15) is 9.18 Å². The highest BCUT2D eigenvalue weighted by atomic mass is 35.5. The summed E-state index contributed by atoms with van der Waals surface area (Å²) in [5.74, 6) is -0.758. The zero-order chi connectivity index (χ0) is 14.7. The Kier molecular flexibility index (Phi) is 4.62. The standard InChI is InChI=1S/C14H14ClFN2OS/c1-2-18(8-10-4-6-13(15)20-10)14(19)11-7-9(16)3-5-12(11)17/h3-7H,2,8,17H2,1H3. The van der Waals surface area contributed by atoms with Crippen molar-refractivity contribution < 1.29 is 9.18 Å². The SMILES string of the molecule is CCN(Cc1ccc(Cl)s1)C(=O)c1cc(F)ccc1N. The van der Waals surface area contributed by atoms with Gasteiger partial charge in [0.2, 0.25) is 0 Å². The molecule has 20 heavy (non-hydrogen) atoms. The summed E-state index contributed by atoms with van der Waals surface area (Å²) in [7, 11) is 0. The van der Waals surface area contributed by atoms with Crippen LogP contribution in [-0.2, 0) is 6.54 Å². The van der Waals surface area contributed by atoms with Gasteiger partial charge < -0.3 is 10.6 Å². The fourth-order valence-electron chi connectivity index (χ4n) is 1.84. The Morgan fingerprint density at radius 2 is 2.15 bits per heavy atom. The second-order valence-electron chi connectivity index (χ2n) is 4.26. The van der Waals surface area contributed by atoms with Crippen LogP contribution in [0.3, 0.4) is 0 Å². The van der Waals surface area contributed by atoms with Crippen LogP contribution in [0.5, 0.6) is 0 Å². The van der Waals surface area contributed by atoms with E-state index in [1.54, 1.807) is 11.0 Å². The minimum absolute atomic E-state index is 0.189. The van der Waals surface area contributed by atoms with Crippen molar-refractivity contribution in [2.45, 2.75) is 13.5 Å². The molecule has 106 valence electrons. The Balaban J connectivity index is 2.22. The molecular formula is C14H14ClFN2OS. The molecule has 0 unspecified atom stereocenters. The van der Waals surface area contributed by atoms with E-state index in [-0.39, 0.29) is 17.2 Å². The Hall–Kier alpha value is -1.59. The highest BCUT2D eigenvalue weighted by Crippen LogP contribution is 2.24. The minimum atomic E-state index is -0.474. The molecule has 1 heterocycles. The van der Waals surface area contributed by atoms with Gasteiger partial charge in [-0.3, -0.25) is 4.79 Å². The van der Waals surface area contributed by atoms with E-state index in [1.165, 1.54) is 29.5 Å². The second kappa shape index (κ2) is 6.24. The first kappa shape index (κ1) is 14.8. The summed E-state index contributed by atoms with van der Waals surface area (Å²) in [4.78, 5) is 15.0. The van der Waals surface area contributed by atoms with E-state index in [2.05, 4.69) is 0 Å². The van der Waals surface area contributed by atoms with Crippen LogP contribution in [0, 0.1) is 5.82 Å². The number of nitrogen functional groups attached to an aromatic ring is 1. The van der Waals surface area contributed by atoms with Gasteiger partial charge in [0.1, 0.15) is 5.82 Å². The van der Waals surface area contributed by atoms with Crippen LogP contribution >= 0.6 is 22.9 Å². The van der Waals surface area contributed by atoms with E-state index < -0.39 is 5.82 Å². The first-order valence-corrected chi connectivity index (χ1v) is 7.29. The van der Waals surface area contributed by atoms with Crippen LogP contribution in [0.2, 0.25) is 4.34 Å². The number of hydrogen-bond donors (Lipinski definition) is 1. The normalized spacial score (nSPS) is 10.6. The van der Waals surface area contributed by atoms with Gasteiger partial charge in [-0.1, -0.05) is 11.6 Å². The van der Waals surface area contributed by atoms with E-state index in [4.69, 9.17) is 17.3 Å². The molecule has 0 saturated carbocycles. The average molecular weight is 313 g/mol. The molecule has 0 radical (unpaired) electrons. The molecule has 0 saturated heterocycles. The Labute approximate surface area is 125 Å². The van der Waals surface area contributed by atoms with Gasteiger partial charge in [-0.15, -0.1) is 11.3 Å². The van der Waals surface area contributed by atoms with Crippen LogP contribution in [0.1, 0.15) is 22.2 Å². The van der Waals surface area contributed by atoms with E-state index in [0.717, 1.165) is 4.88 Å². The Morgan fingerprint density at radius 1 is 1.40 bits per heavy atom. The molecule has 0 bridgehead atoms. The molecule has 2 aromatic rings. The number of thiophene rings is 1. The van der Waals surface area contributed by atoms with Gasteiger partial charge in [0, 0.05) is 17.1 Å². The van der Waals surface area contributed by atoms with Gasteiger partial charge in [-0.25, -0.2) is 4.39 Å². The van der Waals surface area contributed by atoms with Crippen LogP contribution in [-0.4, -0.2) is 17.4 Å². The maximum Gasteiger partial charge on any atom is 0.256 e. The van der Waals surface area contributed by atoms with Crippen molar-refractivity contribution in [3.63, 3.8) is 0 Å². The number of nitrogens with zero attached hydrogens (tertiary/aromatic N) is 1. The van der Waals surface area contributed by atoms with Gasteiger partial charge in [-0.05, 0) is 37.3 Å². The summed E-state index contributed by atoms with van der Waals surface area (Å²) < 4.78 is 13.9. The molecule has 1 amide bonds. The van der Waals surface area contributed by atoms with Crippen LogP contribution < -0.4 is 5.73 Å². The maximum atomic E-state index is 13.3. The molecule has 0 atom stereocenters. The van der Waals surface area contributed by atoms with Crippen molar-refractivity contribution in [3.05, 3.63) is 50.9 Å². The topological polar surface area (TPSA) is 46.3 Å². The first-order chi connectivity index (χ1) is 9.51. The first-order valence-electron chi connectivity index (χ1n) is 6.09. The van der Waals surface area contributed by atoms with Crippen molar-refractivity contribution in [2.75, 3.05) is 12.3 Å². The number of benzene rings is 1. The lowest BCUT2D eigenvalue weighted by Crippen LogP contribution is -2.30. The smallest absolute Gasteiger partial charge is 0.256 e. The highest BCUT2D eigenvalue weighted by Gasteiger charge is 2.18. The molecule has 0 fully saturated rings. The zero-order valence-electron chi connectivity index (χ0n) is 10.9. The third-order valence-electron chi connectivity index (χ3n) is 2.89. The zero-order valence-corrected chi connectivity index (χ0v) is 12.5. The van der Waals surface area contributed by atoms with Crippen LogP contribution in [0.15, 0.2) is 30.3 Å². The molecule has 3 nitrogen and oxygen atoms in total. The number of rotatable bonds is 4. The van der Waals surface area contributed by atoms with Crippen LogP contribution in [0.25, 0.3) is 0 Å². The number of amides is 1. The van der Waals surface area contributed by atoms with Crippen molar-refractivity contribution in [1.82, 2.24) is 4.90 Å². The summed E-state index contributed by atoms with van der Waals surface area (Å²) in [5, 5.41) is 0. The second-order valence-corrected chi connectivity index (χ2v) is 6.06. The minimum Gasteiger partial charge on any atom is -0.398 e. The predicted octanol–water partition coefficient (Wildman–Crippen LogP) is 3.79. The molecule has 1 aromatic carbocycles. The predicted molar refractivity (Wildman–Crippen MR) is 80.6 cm³/mol. The molecule has 2 N–H and O–H groups in total. The van der Waals surface area contributed by atoms with Gasteiger partial charge in [0.25, 0.3) is 5.91 Å². The molecule has 1 aromatic heterocycles. The number of carbonyl (C=O) groups is 1. The van der Waals surface area contributed by atoms with E-state index >= 15 is 0 Å². The van der Waals surface area contributed by atoms with Gasteiger partial charge in [0.15, 0.2) is 0 Å². The third-order valence-corrected chi connectivity index (χ3v) is 4.11. The number of anilines is 1. The third kappa shape index (κ3) is 3.29. The molecule has 6 heteroatoms. The summed E-state index contributed by atoms with van der Waals surface area (Å²) in [6.07, 6.45) is 0. The van der Waals surface area contributed by atoms with Gasteiger partial charge >= 0.3 is 0 Å². The molecule has 0 aliphatic carbocycles. The highest BCUT2D eigenvalue weighted by molar-refractivity contribution is 7.16. The molecule has 0 aliphatic rings. The van der Waals surface area contributed by atoms with Gasteiger partial charge in [-0.2, -0.15) is 0 Å². The maximum absolute atomic E-state index is 13.3. The lowest BCUT2D eigenvalue weighted by atomic mass is 10.1. The molecular weight excluding hydrogens is 299 g/mol. The van der Waals surface area contributed by atoms with E-state index in [0.29, 0.717) is 17.4 Å². The average Bonchev–Trinajstić information content (AvgIpc) is 2.83.